The van der Waals surface area contributed by atoms with E-state index in [9.17, 15) is 4.79 Å². The molecule has 0 heterocycles. The predicted octanol–water partition coefficient (Wildman–Crippen LogP) is 2.03. The van der Waals surface area contributed by atoms with Crippen LogP contribution < -0.4 is 10.6 Å². The average molecular weight is 208 g/mol. The fourth-order valence-electron chi connectivity index (χ4n) is 1.93. The molecule has 0 saturated heterocycles. The average Bonchev–Trinajstić information content (AvgIpc) is 2.19. The molecule has 0 aromatic rings. The van der Waals surface area contributed by atoms with Crippen molar-refractivity contribution >= 4 is 6.03 Å². The van der Waals surface area contributed by atoms with Crippen LogP contribution in [0.15, 0.2) is 0 Å². The van der Waals surface area contributed by atoms with Gasteiger partial charge in [-0.05, 0) is 19.8 Å². The van der Waals surface area contributed by atoms with Crippen molar-refractivity contribution in [2.24, 2.45) is 0 Å². The maximum Gasteiger partial charge on any atom is 0.315 e. The molecule has 0 spiro atoms. The summed E-state index contributed by atoms with van der Waals surface area (Å²) in [5.41, 5.74) is 0. The van der Waals surface area contributed by atoms with Crippen LogP contribution in [0.4, 0.5) is 4.79 Å². The Bertz CT molecular complexity index is 238. The molecular formula is C12H20N2O. The largest absolute Gasteiger partial charge is 0.335 e. The van der Waals surface area contributed by atoms with Crippen molar-refractivity contribution in [3.63, 3.8) is 0 Å². The summed E-state index contributed by atoms with van der Waals surface area (Å²) < 4.78 is 0. The van der Waals surface area contributed by atoms with Gasteiger partial charge in [0.1, 0.15) is 0 Å². The molecular weight excluding hydrogens is 188 g/mol. The molecule has 3 heteroatoms. The molecule has 1 saturated carbocycles. The van der Waals surface area contributed by atoms with E-state index in [2.05, 4.69) is 16.6 Å². The number of amides is 2. The van der Waals surface area contributed by atoms with Gasteiger partial charge < -0.3 is 10.6 Å². The Hall–Kier alpha value is -1.17. The van der Waals surface area contributed by atoms with Crippen molar-refractivity contribution < 1.29 is 4.79 Å². The SMILES string of the molecule is C#CCC(C)NC(=O)NC1CCCCC1. The van der Waals surface area contributed by atoms with Crippen molar-refractivity contribution in [3.8, 4) is 12.3 Å². The fraction of sp³-hybridized carbons (Fsp3) is 0.750. The Morgan fingerprint density at radius 1 is 1.47 bits per heavy atom. The van der Waals surface area contributed by atoms with Gasteiger partial charge in [0.2, 0.25) is 0 Å². The first-order chi connectivity index (χ1) is 7.22. The third kappa shape index (κ3) is 4.73. The Morgan fingerprint density at radius 3 is 2.73 bits per heavy atom. The third-order valence-corrected chi connectivity index (χ3v) is 2.74. The lowest BCUT2D eigenvalue weighted by Gasteiger charge is -2.23. The Kier molecular flexibility index (Phi) is 5.03. The number of hydrogen-bond donors (Lipinski definition) is 2. The molecule has 3 nitrogen and oxygen atoms in total. The van der Waals surface area contributed by atoms with Gasteiger partial charge in [-0.2, -0.15) is 0 Å². The first-order valence-corrected chi connectivity index (χ1v) is 5.73. The molecule has 1 rings (SSSR count). The quantitative estimate of drug-likeness (QED) is 0.685. The summed E-state index contributed by atoms with van der Waals surface area (Å²) in [6.45, 7) is 1.92. The van der Waals surface area contributed by atoms with Gasteiger partial charge in [0.25, 0.3) is 0 Å². The van der Waals surface area contributed by atoms with Crippen LogP contribution in [0.5, 0.6) is 0 Å². The van der Waals surface area contributed by atoms with Gasteiger partial charge in [0.05, 0.1) is 0 Å². The zero-order valence-corrected chi connectivity index (χ0v) is 9.38. The van der Waals surface area contributed by atoms with Crippen molar-refractivity contribution in [1.82, 2.24) is 10.6 Å². The maximum atomic E-state index is 11.5. The van der Waals surface area contributed by atoms with E-state index in [0.717, 1.165) is 12.8 Å². The van der Waals surface area contributed by atoms with E-state index in [1.54, 1.807) is 0 Å². The molecule has 0 bridgehead atoms. The molecule has 0 aromatic carbocycles. The van der Waals surface area contributed by atoms with E-state index in [1.807, 2.05) is 6.92 Å². The molecule has 0 aromatic heterocycles. The molecule has 15 heavy (non-hydrogen) atoms. The summed E-state index contributed by atoms with van der Waals surface area (Å²) in [5.74, 6) is 2.53. The van der Waals surface area contributed by atoms with Crippen LogP contribution >= 0.6 is 0 Å². The van der Waals surface area contributed by atoms with E-state index < -0.39 is 0 Å². The molecule has 1 aliphatic rings. The van der Waals surface area contributed by atoms with Crippen molar-refractivity contribution in [2.45, 2.75) is 57.5 Å². The number of nitrogens with one attached hydrogen (secondary N) is 2. The molecule has 1 atom stereocenters. The van der Waals surface area contributed by atoms with E-state index in [1.165, 1.54) is 19.3 Å². The molecule has 2 amide bonds. The molecule has 2 N–H and O–H groups in total. The molecule has 1 unspecified atom stereocenters. The van der Waals surface area contributed by atoms with Crippen molar-refractivity contribution in [1.29, 1.82) is 0 Å². The van der Waals surface area contributed by atoms with E-state index >= 15 is 0 Å². The number of carbonyl (C=O) groups excluding carboxylic acids is 1. The topological polar surface area (TPSA) is 41.1 Å². The maximum absolute atomic E-state index is 11.5. The number of terminal acetylenes is 1. The van der Waals surface area contributed by atoms with Crippen LogP contribution in [-0.4, -0.2) is 18.1 Å². The highest BCUT2D eigenvalue weighted by atomic mass is 16.2. The van der Waals surface area contributed by atoms with E-state index in [-0.39, 0.29) is 12.1 Å². The van der Waals surface area contributed by atoms with Crippen LogP contribution in [-0.2, 0) is 0 Å². The predicted molar refractivity (Wildman–Crippen MR) is 61.5 cm³/mol. The van der Waals surface area contributed by atoms with Crippen molar-refractivity contribution in [2.75, 3.05) is 0 Å². The first kappa shape index (κ1) is 11.9. The lowest BCUT2D eigenvalue weighted by atomic mass is 9.96. The molecule has 84 valence electrons. The summed E-state index contributed by atoms with van der Waals surface area (Å²) in [6.07, 6.45) is 11.7. The van der Waals surface area contributed by atoms with Gasteiger partial charge in [-0.3, -0.25) is 0 Å². The lowest BCUT2D eigenvalue weighted by molar-refractivity contribution is 0.229. The summed E-state index contributed by atoms with van der Waals surface area (Å²) in [6, 6.07) is 0.333. The first-order valence-electron chi connectivity index (χ1n) is 5.73. The summed E-state index contributed by atoms with van der Waals surface area (Å²) in [7, 11) is 0. The molecule has 1 fully saturated rings. The minimum atomic E-state index is -0.0790. The zero-order valence-electron chi connectivity index (χ0n) is 9.38. The minimum absolute atomic E-state index is 0.0543. The Balaban J connectivity index is 2.20. The van der Waals surface area contributed by atoms with Crippen LogP contribution in [0, 0.1) is 12.3 Å². The van der Waals surface area contributed by atoms with E-state index in [0.29, 0.717) is 12.5 Å². The third-order valence-electron chi connectivity index (χ3n) is 2.74. The van der Waals surface area contributed by atoms with Gasteiger partial charge in [-0.25, -0.2) is 4.79 Å². The molecule has 1 aliphatic carbocycles. The second-order valence-corrected chi connectivity index (χ2v) is 4.26. The monoisotopic (exact) mass is 208 g/mol. The summed E-state index contributed by atoms with van der Waals surface area (Å²) >= 11 is 0. The van der Waals surface area contributed by atoms with Crippen LogP contribution in [0.2, 0.25) is 0 Å². The normalized spacial score (nSPS) is 18.9. The fourth-order valence-corrected chi connectivity index (χ4v) is 1.93. The second-order valence-electron chi connectivity index (χ2n) is 4.26. The summed E-state index contributed by atoms with van der Waals surface area (Å²) in [5, 5.41) is 5.83. The van der Waals surface area contributed by atoms with Crippen LogP contribution in [0.3, 0.4) is 0 Å². The van der Waals surface area contributed by atoms with E-state index in [4.69, 9.17) is 6.42 Å². The Morgan fingerprint density at radius 2 is 2.13 bits per heavy atom. The zero-order chi connectivity index (χ0) is 11.1. The van der Waals surface area contributed by atoms with Crippen LogP contribution in [0.25, 0.3) is 0 Å². The number of carbonyl (C=O) groups is 1. The molecule has 0 radical (unpaired) electrons. The van der Waals surface area contributed by atoms with Crippen LogP contribution in [0.1, 0.15) is 45.4 Å². The molecule has 0 aliphatic heterocycles. The highest BCUT2D eigenvalue weighted by Crippen LogP contribution is 2.17. The summed E-state index contributed by atoms with van der Waals surface area (Å²) in [4.78, 5) is 11.5. The lowest BCUT2D eigenvalue weighted by Crippen LogP contribution is -2.45. The van der Waals surface area contributed by atoms with Gasteiger partial charge in [-0.1, -0.05) is 19.3 Å². The minimum Gasteiger partial charge on any atom is -0.335 e. The number of urea groups is 1. The highest BCUT2D eigenvalue weighted by molar-refractivity contribution is 5.74. The van der Waals surface area contributed by atoms with Gasteiger partial charge in [0.15, 0.2) is 0 Å². The van der Waals surface area contributed by atoms with Gasteiger partial charge >= 0.3 is 6.03 Å². The Labute approximate surface area is 92.0 Å². The van der Waals surface area contributed by atoms with Gasteiger partial charge in [-0.15, -0.1) is 12.3 Å². The van der Waals surface area contributed by atoms with Crippen molar-refractivity contribution in [3.05, 3.63) is 0 Å². The number of rotatable bonds is 3. The number of hydrogen-bond acceptors (Lipinski definition) is 1. The highest BCUT2D eigenvalue weighted by Gasteiger charge is 2.16. The van der Waals surface area contributed by atoms with Gasteiger partial charge in [0, 0.05) is 18.5 Å². The smallest absolute Gasteiger partial charge is 0.315 e. The standard InChI is InChI=1S/C12H20N2O/c1-3-7-10(2)13-12(15)14-11-8-5-4-6-9-11/h1,10-11H,4-9H2,2H3,(H2,13,14,15). The second kappa shape index (κ2) is 6.34.